The first-order valence-corrected chi connectivity index (χ1v) is 7.74. The lowest BCUT2D eigenvalue weighted by Crippen LogP contribution is -2.28. The van der Waals surface area contributed by atoms with E-state index in [1.807, 2.05) is 0 Å². The molecule has 1 aliphatic heterocycles. The quantitative estimate of drug-likeness (QED) is 0.842. The highest BCUT2D eigenvalue weighted by molar-refractivity contribution is 7.80. The van der Waals surface area contributed by atoms with Crippen LogP contribution in [0.15, 0.2) is 6.07 Å². The van der Waals surface area contributed by atoms with Gasteiger partial charge in [-0.2, -0.15) is 0 Å². The fourth-order valence-electron chi connectivity index (χ4n) is 3.17. The molecule has 1 fully saturated rings. The van der Waals surface area contributed by atoms with Gasteiger partial charge in [-0.3, -0.25) is 0 Å². The van der Waals surface area contributed by atoms with Crippen LogP contribution >= 0.6 is 12.2 Å². The maximum absolute atomic E-state index is 5.92. The van der Waals surface area contributed by atoms with Crippen LogP contribution in [0.25, 0.3) is 0 Å². The molecule has 2 aliphatic rings. The normalized spacial score (nSPS) is 19.1. The Balaban J connectivity index is 2.00. The van der Waals surface area contributed by atoms with Crippen molar-refractivity contribution in [3.05, 3.63) is 22.9 Å². The molecule has 0 unspecified atom stereocenters. The third-order valence-corrected chi connectivity index (χ3v) is 4.42. The number of aryl methyl sites for hydroxylation is 2. The molecular formula is C15H21N3S. The number of hydrogen-bond donors (Lipinski definition) is 1. The molecule has 1 aromatic rings. The van der Waals surface area contributed by atoms with Crippen molar-refractivity contribution in [1.29, 1.82) is 0 Å². The van der Waals surface area contributed by atoms with Crippen LogP contribution in [-0.4, -0.2) is 23.1 Å². The average Bonchev–Trinajstić information content (AvgIpc) is 2.69. The summed E-state index contributed by atoms with van der Waals surface area (Å²) in [4.78, 5) is 7.77. The number of anilines is 1. The minimum atomic E-state index is 0.487. The maximum atomic E-state index is 5.92. The van der Waals surface area contributed by atoms with E-state index in [1.54, 1.807) is 0 Å². The molecule has 1 saturated heterocycles. The van der Waals surface area contributed by atoms with E-state index in [9.17, 15) is 0 Å². The lowest BCUT2D eigenvalue weighted by Gasteiger charge is -2.24. The third kappa shape index (κ3) is 2.59. The monoisotopic (exact) mass is 275 g/mol. The summed E-state index contributed by atoms with van der Waals surface area (Å²) in [5.74, 6) is 1.04. The van der Waals surface area contributed by atoms with Crippen molar-refractivity contribution in [3.8, 4) is 0 Å². The van der Waals surface area contributed by atoms with E-state index in [2.05, 4.69) is 11.0 Å². The molecule has 2 heterocycles. The summed E-state index contributed by atoms with van der Waals surface area (Å²) >= 11 is 5.24. The summed E-state index contributed by atoms with van der Waals surface area (Å²) in [6.07, 6.45) is 8.58. The van der Waals surface area contributed by atoms with E-state index in [4.69, 9.17) is 22.9 Å². The van der Waals surface area contributed by atoms with E-state index < -0.39 is 0 Å². The van der Waals surface area contributed by atoms with Gasteiger partial charge in [-0.05, 0) is 43.7 Å². The van der Waals surface area contributed by atoms with E-state index in [0.29, 0.717) is 4.99 Å². The number of pyridine rings is 1. The first-order chi connectivity index (χ1) is 9.25. The molecule has 0 saturated carbocycles. The Morgan fingerprint density at radius 1 is 1.11 bits per heavy atom. The van der Waals surface area contributed by atoms with Gasteiger partial charge in [-0.1, -0.05) is 25.1 Å². The van der Waals surface area contributed by atoms with E-state index in [-0.39, 0.29) is 0 Å². The van der Waals surface area contributed by atoms with Crippen molar-refractivity contribution in [2.45, 2.75) is 44.9 Å². The zero-order chi connectivity index (χ0) is 13.2. The first kappa shape index (κ1) is 12.9. The van der Waals surface area contributed by atoms with Crippen LogP contribution in [0.1, 0.15) is 48.9 Å². The lowest BCUT2D eigenvalue weighted by molar-refractivity contribution is 0.726. The second-order valence-electron chi connectivity index (χ2n) is 5.58. The summed E-state index contributed by atoms with van der Waals surface area (Å²) in [6.45, 7) is 2.17. The Bertz CT molecular complexity index is 490. The minimum Gasteiger partial charge on any atom is -0.389 e. The second-order valence-corrected chi connectivity index (χ2v) is 6.02. The number of hydrogen-bond acceptors (Lipinski definition) is 3. The smallest absolute Gasteiger partial charge is 0.139 e. The van der Waals surface area contributed by atoms with Gasteiger partial charge in [-0.25, -0.2) is 4.98 Å². The molecular weight excluding hydrogens is 254 g/mol. The molecule has 0 spiro atoms. The van der Waals surface area contributed by atoms with E-state index in [0.717, 1.165) is 37.3 Å². The predicted octanol–water partition coefficient (Wildman–Crippen LogP) is 2.58. The minimum absolute atomic E-state index is 0.487. The van der Waals surface area contributed by atoms with Gasteiger partial charge in [0, 0.05) is 18.8 Å². The van der Waals surface area contributed by atoms with Crippen LogP contribution in [0.2, 0.25) is 0 Å². The molecule has 0 bridgehead atoms. The number of thiocarbonyl (C=S) groups is 1. The van der Waals surface area contributed by atoms with Gasteiger partial charge in [0.25, 0.3) is 0 Å². The Morgan fingerprint density at radius 2 is 1.84 bits per heavy atom. The van der Waals surface area contributed by atoms with Crippen molar-refractivity contribution in [3.63, 3.8) is 0 Å². The SMILES string of the molecule is NC(=S)c1cc2c(nc1N1CCCCCC1)CCC2. The van der Waals surface area contributed by atoms with Crippen molar-refractivity contribution in [1.82, 2.24) is 4.98 Å². The number of aromatic nitrogens is 1. The van der Waals surface area contributed by atoms with Crippen LogP contribution in [0, 0.1) is 0 Å². The van der Waals surface area contributed by atoms with Crippen LogP contribution in [0.5, 0.6) is 0 Å². The highest BCUT2D eigenvalue weighted by atomic mass is 32.1. The van der Waals surface area contributed by atoms with Crippen molar-refractivity contribution in [2.75, 3.05) is 18.0 Å². The zero-order valence-electron chi connectivity index (χ0n) is 11.3. The standard InChI is InChI=1S/C15H21N3S/c16-14(19)12-10-11-6-5-7-13(11)17-15(12)18-8-3-1-2-4-9-18/h10H,1-9H2,(H2,16,19). The van der Waals surface area contributed by atoms with Gasteiger partial charge in [-0.15, -0.1) is 0 Å². The van der Waals surface area contributed by atoms with Crippen molar-refractivity contribution in [2.24, 2.45) is 5.73 Å². The molecule has 4 heteroatoms. The van der Waals surface area contributed by atoms with Crippen molar-refractivity contribution < 1.29 is 0 Å². The summed E-state index contributed by atoms with van der Waals surface area (Å²) in [5, 5.41) is 0. The summed E-state index contributed by atoms with van der Waals surface area (Å²) in [7, 11) is 0. The van der Waals surface area contributed by atoms with Crippen LogP contribution in [0.4, 0.5) is 5.82 Å². The number of fused-ring (bicyclic) bond motifs is 1. The van der Waals surface area contributed by atoms with Crippen LogP contribution < -0.4 is 10.6 Å². The highest BCUT2D eigenvalue weighted by Crippen LogP contribution is 2.28. The predicted molar refractivity (Wildman–Crippen MR) is 82.8 cm³/mol. The molecule has 0 amide bonds. The summed E-state index contributed by atoms with van der Waals surface area (Å²) < 4.78 is 0. The Morgan fingerprint density at radius 3 is 2.53 bits per heavy atom. The van der Waals surface area contributed by atoms with Gasteiger partial charge >= 0.3 is 0 Å². The van der Waals surface area contributed by atoms with E-state index in [1.165, 1.54) is 43.4 Å². The third-order valence-electron chi connectivity index (χ3n) is 4.20. The van der Waals surface area contributed by atoms with Crippen molar-refractivity contribution >= 4 is 23.0 Å². The Labute approximate surface area is 120 Å². The fraction of sp³-hybridized carbons (Fsp3) is 0.600. The molecule has 0 radical (unpaired) electrons. The van der Waals surface area contributed by atoms with Gasteiger partial charge in [0.15, 0.2) is 0 Å². The van der Waals surface area contributed by atoms with Gasteiger partial charge in [0.05, 0.1) is 5.56 Å². The molecule has 0 aromatic carbocycles. The van der Waals surface area contributed by atoms with Gasteiger partial charge < -0.3 is 10.6 Å². The second kappa shape index (κ2) is 5.45. The molecule has 102 valence electrons. The van der Waals surface area contributed by atoms with Gasteiger partial charge in [0.2, 0.25) is 0 Å². The van der Waals surface area contributed by atoms with E-state index >= 15 is 0 Å². The number of rotatable bonds is 2. The molecule has 19 heavy (non-hydrogen) atoms. The lowest BCUT2D eigenvalue weighted by atomic mass is 10.1. The molecule has 1 aliphatic carbocycles. The van der Waals surface area contributed by atoms with Crippen LogP contribution in [-0.2, 0) is 12.8 Å². The Kier molecular flexibility index (Phi) is 3.69. The largest absolute Gasteiger partial charge is 0.389 e. The molecule has 3 rings (SSSR count). The Hall–Kier alpha value is -1.16. The van der Waals surface area contributed by atoms with Crippen LogP contribution in [0.3, 0.4) is 0 Å². The number of nitrogens with zero attached hydrogens (tertiary/aromatic N) is 2. The topological polar surface area (TPSA) is 42.1 Å². The summed E-state index contributed by atoms with van der Waals surface area (Å²) in [5.41, 5.74) is 9.51. The zero-order valence-corrected chi connectivity index (χ0v) is 12.1. The maximum Gasteiger partial charge on any atom is 0.139 e. The highest BCUT2D eigenvalue weighted by Gasteiger charge is 2.21. The van der Waals surface area contributed by atoms with Gasteiger partial charge in [0.1, 0.15) is 10.8 Å². The average molecular weight is 275 g/mol. The first-order valence-electron chi connectivity index (χ1n) is 7.33. The fourth-order valence-corrected chi connectivity index (χ4v) is 3.32. The summed E-state index contributed by atoms with van der Waals surface area (Å²) in [6, 6.07) is 2.19. The molecule has 0 atom stereocenters. The molecule has 3 nitrogen and oxygen atoms in total. The molecule has 2 N–H and O–H groups in total. The molecule has 1 aromatic heterocycles. The number of nitrogens with two attached hydrogens (primary N) is 1.